The highest BCUT2D eigenvalue weighted by Crippen LogP contribution is 2.22. The summed E-state index contributed by atoms with van der Waals surface area (Å²) in [4.78, 5) is 41.4. The van der Waals surface area contributed by atoms with Crippen molar-refractivity contribution >= 4 is 17.5 Å². The molecule has 1 aliphatic carbocycles. The van der Waals surface area contributed by atoms with Crippen molar-refractivity contribution in [3.8, 4) is 0 Å². The lowest BCUT2D eigenvalue weighted by molar-refractivity contribution is -0.117. The molecule has 4 rings (SSSR count). The average Bonchev–Trinajstić information content (AvgIpc) is 3.20. The van der Waals surface area contributed by atoms with E-state index in [0.717, 1.165) is 36.2 Å². The Labute approximate surface area is 144 Å². The highest BCUT2D eigenvalue weighted by Gasteiger charge is 2.32. The summed E-state index contributed by atoms with van der Waals surface area (Å²) in [6.07, 6.45) is 2.98. The van der Waals surface area contributed by atoms with E-state index in [1.807, 2.05) is 30.3 Å². The van der Waals surface area contributed by atoms with E-state index in [1.165, 1.54) is 0 Å². The third kappa shape index (κ3) is 2.95. The van der Waals surface area contributed by atoms with Crippen molar-refractivity contribution in [3.63, 3.8) is 0 Å². The first kappa shape index (κ1) is 15.6. The maximum atomic E-state index is 12.5. The van der Waals surface area contributed by atoms with Crippen LogP contribution in [0, 0.1) is 0 Å². The Morgan fingerprint density at radius 1 is 1.16 bits per heavy atom. The van der Waals surface area contributed by atoms with E-state index in [2.05, 4.69) is 10.3 Å². The van der Waals surface area contributed by atoms with Crippen molar-refractivity contribution in [1.82, 2.24) is 10.3 Å². The highest BCUT2D eigenvalue weighted by atomic mass is 16.2. The van der Waals surface area contributed by atoms with Gasteiger partial charge in [0.25, 0.3) is 11.5 Å². The molecule has 1 aliphatic heterocycles. The summed E-state index contributed by atoms with van der Waals surface area (Å²) in [5, 5.41) is 2.84. The molecule has 2 heterocycles. The molecule has 1 aromatic carbocycles. The number of carbonyl (C=O) groups is 2. The molecule has 2 aromatic rings. The number of carbonyl (C=O) groups excluding carboxylic acids is 2. The molecule has 2 aliphatic rings. The van der Waals surface area contributed by atoms with Gasteiger partial charge in [0.1, 0.15) is 5.56 Å². The molecular formula is C19H19N3O3. The first-order valence-corrected chi connectivity index (χ1v) is 8.53. The predicted molar refractivity (Wildman–Crippen MR) is 93.8 cm³/mol. The van der Waals surface area contributed by atoms with Gasteiger partial charge in [-0.2, -0.15) is 0 Å². The number of hydrogen-bond acceptors (Lipinski definition) is 3. The fourth-order valence-corrected chi connectivity index (χ4v) is 3.61. The number of nitrogens with one attached hydrogen (secondary N) is 2. The molecular weight excluding hydrogens is 318 g/mol. The molecule has 1 fully saturated rings. The number of benzene rings is 1. The van der Waals surface area contributed by atoms with Crippen LogP contribution in [-0.2, 0) is 17.6 Å². The summed E-state index contributed by atoms with van der Waals surface area (Å²) in [5.74, 6) is -0.442. The Hall–Kier alpha value is -2.89. The minimum absolute atomic E-state index is 0.0284. The third-order valence-corrected chi connectivity index (χ3v) is 4.86. The van der Waals surface area contributed by atoms with Crippen LogP contribution in [0.4, 0.5) is 5.69 Å². The number of pyridine rings is 1. The number of hydrogen-bond donors (Lipinski definition) is 2. The van der Waals surface area contributed by atoms with Gasteiger partial charge in [0.05, 0.1) is 6.04 Å². The van der Waals surface area contributed by atoms with Gasteiger partial charge in [-0.25, -0.2) is 0 Å². The monoisotopic (exact) mass is 337 g/mol. The van der Waals surface area contributed by atoms with E-state index in [0.29, 0.717) is 6.54 Å². The van der Waals surface area contributed by atoms with E-state index in [1.54, 1.807) is 11.0 Å². The molecule has 0 bridgehead atoms. The van der Waals surface area contributed by atoms with Crippen LogP contribution in [-0.4, -0.2) is 29.4 Å². The molecule has 2 amide bonds. The summed E-state index contributed by atoms with van der Waals surface area (Å²) in [7, 11) is 0. The lowest BCUT2D eigenvalue weighted by atomic mass is 10.1. The molecule has 0 radical (unpaired) electrons. The Morgan fingerprint density at radius 2 is 1.96 bits per heavy atom. The Morgan fingerprint density at radius 3 is 2.76 bits per heavy atom. The number of amides is 2. The van der Waals surface area contributed by atoms with Gasteiger partial charge in [0, 0.05) is 24.3 Å². The molecule has 2 N–H and O–H groups in total. The lowest BCUT2D eigenvalue weighted by Gasteiger charge is -2.17. The van der Waals surface area contributed by atoms with Gasteiger partial charge < -0.3 is 15.2 Å². The fraction of sp³-hybridized carbons (Fsp3) is 0.316. The summed E-state index contributed by atoms with van der Waals surface area (Å²) < 4.78 is 0. The summed E-state index contributed by atoms with van der Waals surface area (Å²) in [5.41, 5.74) is 2.57. The Balaban J connectivity index is 1.49. The van der Waals surface area contributed by atoms with E-state index in [4.69, 9.17) is 0 Å². The number of fused-ring (bicyclic) bond motifs is 1. The molecule has 0 unspecified atom stereocenters. The number of aromatic nitrogens is 1. The quantitative estimate of drug-likeness (QED) is 0.888. The van der Waals surface area contributed by atoms with Gasteiger partial charge in [0.2, 0.25) is 5.91 Å². The third-order valence-electron chi connectivity index (χ3n) is 4.86. The second-order valence-corrected chi connectivity index (χ2v) is 6.58. The van der Waals surface area contributed by atoms with Gasteiger partial charge in [-0.3, -0.25) is 14.4 Å². The summed E-state index contributed by atoms with van der Waals surface area (Å²) in [6.45, 7) is 0.414. The normalized spacial score (nSPS) is 19.1. The van der Waals surface area contributed by atoms with Crippen molar-refractivity contribution in [2.24, 2.45) is 0 Å². The van der Waals surface area contributed by atoms with Crippen molar-refractivity contribution in [2.45, 2.75) is 31.7 Å². The summed E-state index contributed by atoms with van der Waals surface area (Å²) >= 11 is 0. The molecule has 1 aromatic heterocycles. The van der Waals surface area contributed by atoms with E-state index in [9.17, 15) is 14.4 Å². The molecule has 1 saturated heterocycles. The lowest BCUT2D eigenvalue weighted by Crippen LogP contribution is -2.39. The van der Waals surface area contributed by atoms with Crippen LogP contribution in [0.3, 0.4) is 0 Å². The van der Waals surface area contributed by atoms with Gasteiger partial charge in [-0.05, 0) is 43.0 Å². The van der Waals surface area contributed by atoms with Crippen LogP contribution in [0.15, 0.2) is 41.2 Å². The maximum absolute atomic E-state index is 12.5. The van der Waals surface area contributed by atoms with E-state index < -0.39 is 5.91 Å². The minimum Gasteiger partial charge on any atom is -0.347 e. The van der Waals surface area contributed by atoms with Crippen molar-refractivity contribution in [1.29, 1.82) is 0 Å². The number of rotatable bonds is 3. The van der Waals surface area contributed by atoms with E-state index >= 15 is 0 Å². The van der Waals surface area contributed by atoms with Gasteiger partial charge >= 0.3 is 0 Å². The maximum Gasteiger partial charge on any atom is 0.261 e. The molecule has 128 valence electrons. The highest BCUT2D eigenvalue weighted by molar-refractivity contribution is 5.98. The van der Waals surface area contributed by atoms with Crippen LogP contribution in [0.25, 0.3) is 0 Å². The number of nitrogens with zero attached hydrogens (tertiary/aromatic N) is 1. The first-order valence-electron chi connectivity index (χ1n) is 8.53. The number of aryl methyl sites for hydroxylation is 2. The Kier molecular flexibility index (Phi) is 3.87. The minimum atomic E-state index is -0.413. The number of anilines is 1. The predicted octanol–water partition coefficient (Wildman–Crippen LogP) is 1.40. The van der Waals surface area contributed by atoms with Gasteiger partial charge in [-0.1, -0.05) is 18.2 Å². The number of aromatic amines is 1. The van der Waals surface area contributed by atoms with Crippen molar-refractivity contribution in [2.75, 3.05) is 11.4 Å². The zero-order valence-corrected chi connectivity index (χ0v) is 13.7. The van der Waals surface area contributed by atoms with Crippen molar-refractivity contribution in [3.05, 3.63) is 63.6 Å². The van der Waals surface area contributed by atoms with Gasteiger partial charge in [-0.15, -0.1) is 0 Å². The largest absolute Gasteiger partial charge is 0.347 e. The zero-order chi connectivity index (χ0) is 17.4. The van der Waals surface area contributed by atoms with Crippen LogP contribution in [0.2, 0.25) is 0 Å². The fourth-order valence-electron chi connectivity index (χ4n) is 3.61. The smallest absolute Gasteiger partial charge is 0.261 e. The van der Waals surface area contributed by atoms with Gasteiger partial charge in [0.15, 0.2) is 0 Å². The van der Waals surface area contributed by atoms with E-state index in [-0.39, 0.29) is 29.5 Å². The number of H-pyrrole nitrogens is 1. The van der Waals surface area contributed by atoms with Crippen molar-refractivity contribution < 1.29 is 9.59 Å². The average molecular weight is 337 g/mol. The standard InChI is InChI=1S/C19H19N3O3/c23-17-10-13(11-22(17)14-6-2-1-3-7-14)20-18(24)15-9-12-5-4-8-16(12)21-19(15)25/h1-3,6-7,9,13H,4-5,8,10-11H2,(H,20,24)(H,21,25)/t13-/m0/s1. The zero-order valence-electron chi connectivity index (χ0n) is 13.7. The molecule has 25 heavy (non-hydrogen) atoms. The molecule has 0 spiro atoms. The number of para-hydroxylation sites is 1. The molecule has 1 atom stereocenters. The summed E-state index contributed by atoms with van der Waals surface area (Å²) in [6, 6.07) is 10.8. The SMILES string of the molecule is O=C(N[C@H]1CC(=O)N(c2ccccc2)C1)c1cc2c([nH]c1=O)CCC2. The van der Waals surface area contributed by atoms with Crippen LogP contribution in [0.5, 0.6) is 0 Å². The second kappa shape index (κ2) is 6.20. The molecule has 0 saturated carbocycles. The van der Waals surface area contributed by atoms with Crippen LogP contribution < -0.4 is 15.8 Å². The Bertz CT molecular complexity index is 889. The van der Waals surface area contributed by atoms with Crippen LogP contribution in [0.1, 0.15) is 34.5 Å². The topological polar surface area (TPSA) is 82.3 Å². The molecule has 6 heteroatoms. The van der Waals surface area contributed by atoms with Crippen LogP contribution >= 0.6 is 0 Å². The first-order chi connectivity index (χ1) is 12.1. The molecule has 6 nitrogen and oxygen atoms in total. The second-order valence-electron chi connectivity index (χ2n) is 6.58.